The van der Waals surface area contributed by atoms with E-state index in [1.165, 1.54) is 0 Å². The number of hydrogen-bond acceptors (Lipinski definition) is 5. The highest BCUT2D eigenvalue weighted by Crippen LogP contribution is 2.34. The summed E-state index contributed by atoms with van der Waals surface area (Å²) in [6.45, 7) is 0.696. The quantitative estimate of drug-likeness (QED) is 0.888. The number of hydrogen-bond donors (Lipinski definition) is 2. The van der Waals surface area contributed by atoms with Gasteiger partial charge in [-0.15, -0.1) is 5.10 Å². The number of nitrogen functional groups attached to an aromatic ring is 1. The molecule has 7 heteroatoms. The largest absolute Gasteiger partial charge is 0.497 e. The average molecular weight is 287 g/mol. The first kappa shape index (κ1) is 13.4. The number of carbonyl (C=O) groups is 1. The Balaban J connectivity index is 1.86. The van der Waals surface area contributed by atoms with Gasteiger partial charge in [-0.25, -0.2) is 0 Å². The first-order valence-electron chi connectivity index (χ1n) is 6.82. The third-order valence-corrected chi connectivity index (χ3v) is 3.70. The van der Waals surface area contributed by atoms with E-state index >= 15 is 0 Å². The van der Waals surface area contributed by atoms with Crippen LogP contribution >= 0.6 is 0 Å². The van der Waals surface area contributed by atoms with E-state index in [1.54, 1.807) is 12.0 Å². The van der Waals surface area contributed by atoms with Crippen molar-refractivity contribution < 1.29 is 9.53 Å². The lowest BCUT2D eigenvalue weighted by molar-refractivity contribution is 0.0723. The number of carbonyl (C=O) groups excluding carboxylic acids is 1. The summed E-state index contributed by atoms with van der Waals surface area (Å²) >= 11 is 0. The van der Waals surface area contributed by atoms with Gasteiger partial charge in [-0.3, -0.25) is 9.89 Å². The van der Waals surface area contributed by atoms with Gasteiger partial charge in [0.2, 0.25) is 11.8 Å². The smallest absolute Gasteiger partial charge is 0.291 e. The number of benzene rings is 1. The zero-order valence-electron chi connectivity index (χ0n) is 11.7. The molecule has 1 fully saturated rings. The molecule has 0 radical (unpaired) electrons. The fourth-order valence-electron chi connectivity index (χ4n) is 2.71. The molecule has 0 bridgehead atoms. The van der Waals surface area contributed by atoms with E-state index in [2.05, 4.69) is 15.2 Å². The number of H-pyrrole nitrogens is 1. The molecule has 1 unspecified atom stereocenters. The van der Waals surface area contributed by atoms with Gasteiger partial charge >= 0.3 is 0 Å². The normalized spacial score (nSPS) is 18.0. The summed E-state index contributed by atoms with van der Waals surface area (Å²) in [4.78, 5) is 18.2. The second kappa shape index (κ2) is 5.43. The fraction of sp³-hybridized carbons (Fsp3) is 0.357. The lowest BCUT2D eigenvalue weighted by Crippen LogP contribution is -2.31. The summed E-state index contributed by atoms with van der Waals surface area (Å²) in [5, 5.41) is 6.28. The predicted octanol–water partition coefficient (Wildman–Crippen LogP) is 1.37. The summed E-state index contributed by atoms with van der Waals surface area (Å²) in [6.07, 6.45) is 1.87. The van der Waals surface area contributed by atoms with Crippen LogP contribution in [0.2, 0.25) is 0 Å². The fourth-order valence-corrected chi connectivity index (χ4v) is 2.71. The number of methoxy groups -OCH3 is 1. The second-order valence-electron chi connectivity index (χ2n) is 4.98. The summed E-state index contributed by atoms with van der Waals surface area (Å²) in [5.74, 6) is 0.873. The number of aromatic nitrogens is 3. The summed E-state index contributed by atoms with van der Waals surface area (Å²) in [7, 11) is 1.63. The molecular weight excluding hydrogens is 270 g/mol. The molecule has 1 aliphatic rings. The van der Waals surface area contributed by atoms with E-state index in [9.17, 15) is 4.79 Å². The molecule has 7 nitrogen and oxygen atoms in total. The molecule has 2 heterocycles. The van der Waals surface area contributed by atoms with Crippen LogP contribution in [0.3, 0.4) is 0 Å². The third kappa shape index (κ3) is 2.54. The molecule has 1 aromatic heterocycles. The Morgan fingerprint density at radius 1 is 1.52 bits per heavy atom. The van der Waals surface area contributed by atoms with Gasteiger partial charge in [-0.1, -0.05) is 12.1 Å². The number of amides is 1. The minimum Gasteiger partial charge on any atom is -0.497 e. The van der Waals surface area contributed by atoms with Crippen LogP contribution in [0.4, 0.5) is 5.95 Å². The zero-order valence-corrected chi connectivity index (χ0v) is 11.7. The third-order valence-electron chi connectivity index (χ3n) is 3.70. The molecule has 21 heavy (non-hydrogen) atoms. The maximum Gasteiger partial charge on any atom is 0.291 e. The molecule has 3 N–H and O–H groups in total. The van der Waals surface area contributed by atoms with Gasteiger partial charge in [0, 0.05) is 6.54 Å². The highest BCUT2D eigenvalue weighted by Gasteiger charge is 2.32. The van der Waals surface area contributed by atoms with E-state index in [0.717, 1.165) is 24.2 Å². The SMILES string of the molecule is COc1cccc(C2CCCN2C(=O)c2nc(N)n[nH]2)c1. The Hall–Kier alpha value is -2.57. The molecular formula is C14H17N5O2. The van der Waals surface area contributed by atoms with Crippen molar-refractivity contribution in [3.8, 4) is 5.75 Å². The van der Waals surface area contributed by atoms with Crippen molar-refractivity contribution >= 4 is 11.9 Å². The minimum absolute atomic E-state index is 0.0268. The number of nitrogens with two attached hydrogens (primary N) is 1. The van der Waals surface area contributed by atoms with Crippen molar-refractivity contribution in [3.05, 3.63) is 35.7 Å². The van der Waals surface area contributed by atoms with Crippen LogP contribution in [0.1, 0.15) is 35.1 Å². The highest BCUT2D eigenvalue weighted by molar-refractivity contribution is 5.91. The number of anilines is 1. The maximum absolute atomic E-state index is 12.5. The summed E-state index contributed by atoms with van der Waals surface area (Å²) < 4.78 is 5.25. The van der Waals surface area contributed by atoms with Crippen molar-refractivity contribution in [1.29, 1.82) is 0 Å². The molecule has 1 aromatic carbocycles. The number of aromatic amines is 1. The summed E-state index contributed by atoms with van der Waals surface area (Å²) in [6, 6.07) is 7.82. The Labute approximate surface area is 122 Å². The van der Waals surface area contributed by atoms with Gasteiger partial charge in [0.05, 0.1) is 13.2 Å². The van der Waals surface area contributed by atoms with E-state index < -0.39 is 0 Å². The van der Waals surface area contributed by atoms with Gasteiger partial charge in [0.1, 0.15) is 5.75 Å². The number of rotatable bonds is 3. The van der Waals surface area contributed by atoms with Crippen LogP contribution in [-0.4, -0.2) is 39.6 Å². The van der Waals surface area contributed by atoms with Crippen molar-refractivity contribution in [2.75, 3.05) is 19.4 Å². The predicted molar refractivity (Wildman–Crippen MR) is 76.8 cm³/mol. The van der Waals surface area contributed by atoms with Crippen LogP contribution in [0.15, 0.2) is 24.3 Å². The number of ether oxygens (including phenoxy) is 1. The number of nitrogens with one attached hydrogen (secondary N) is 1. The lowest BCUT2D eigenvalue weighted by atomic mass is 10.0. The van der Waals surface area contributed by atoms with Gasteiger partial charge in [0.15, 0.2) is 0 Å². The molecule has 1 atom stereocenters. The van der Waals surface area contributed by atoms with Crippen molar-refractivity contribution in [2.45, 2.75) is 18.9 Å². The van der Waals surface area contributed by atoms with Crippen molar-refractivity contribution in [1.82, 2.24) is 20.1 Å². The van der Waals surface area contributed by atoms with Crippen LogP contribution in [0.5, 0.6) is 5.75 Å². The Kier molecular flexibility index (Phi) is 3.47. The Bertz CT molecular complexity index is 654. The number of likely N-dealkylation sites (tertiary alicyclic amines) is 1. The lowest BCUT2D eigenvalue weighted by Gasteiger charge is -2.24. The molecule has 2 aromatic rings. The van der Waals surface area contributed by atoms with E-state index in [-0.39, 0.29) is 23.7 Å². The molecule has 0 spiro atoms. The average Bonchev–Trinajstić information content (AvgIpc) is 3.15. The molecule has 1 amide bonds. The minimum atomic E-state index is -0.176. The number of nitrogens with zero attached hydrogens (tertiary/aromatic N) is 3. The first-order chi connectivity index (χ1) is 10.2. The van der Waals surface area contributed by atoms with E-state index in [0.29, 0.717) is 6.54 Å². The molecule has 0 saturated carbocycles. The molecule has 110 valence electrons. The highest BCUT2D eigenvalue weighted by atomic mass is 16.5. The van der Waals surface area contributed by atoms with Gasteiger partial charge in [0.25, 0.3) is 5.91 Å². The molecule has 1 saturated heterocycles. The van der Waals surface area contributed by atoms with E-state index in [1.807, 2.05) is 24.3 Å². The van der Waals surface area contributed by atoms with Crippen molar-refractivity contribution in [2.24, 2.45) is 0 Å². The van der Waals surface area contributed by atoms with Crippen LogP contribution in [0, 0.1) is 0 Å². The van der Waals surface area contributed by atoms with E-state index in [4.69, 9.17) is 10.5 Å². The van der Waals surface area contributed by atoms with Crippen LogP contribution in [0.25, 0.3) is 0 Å². The van der Waals surface area contributed by atoms with Crippen LogP contribution < -0.4 is 10.5 Å². The zero-order chi connectivity index (χ0) is 14.8. The Morgan fingerprint density at radius 2 is 2.38 bits per heavy atom. The standard InChI is InChI=1S/C14H17N5O2/c1-21-10-5-2-4-9(8-10)11-6-3-7-19(11)13(20)12-16-14(15)18-17-12/h2,4-5,8,11H,3,6-7H2,1H3,(H3,15,16,17,18). The van der Waals surface area contributed by atoms with Gasteiger partial charge < -0.3 is 15.4 Å². The monoisotopic (exact) mass is 287 g/mol. The second-order valence-corrected chi connectivity index (χ2v) is 4.98. The van der Waals surface area contributed by atoms with Crippen molar-refractivity contribution in [3.63, 3.8) is 0 Å². The van der Waals surface area contributed by atoms with Crippen LogP contribution in [-0.2, 0) is 0 Å². The Morgan fingerprint density at radius 3 is 3.10 bits per heavy atom. The topological polar surface area (TPSA) is 97.1 Å². The summed E-state index contributed by atoms with van der Waals surface area (Å²) in [5.41, 5.74) is 6.52. The maximum atomic E-state index is 12.5. The molecule has 0 aliphatic carbocycles. The first-order valence-corrected chi connectivity index (χ1v) is 6.82. The molecule has 1 aliphatic heterocycles. The van der Waals surface area contributed by atoms with Gasteiger partial charge in [-0.2, -0.15) is 4.98 Å². The van der Waals surface area contributed by atoms with Gasteiger partial charge in [-0.05, 0) is 30.5 Å². The molecule has 3 rings (SSSR count).